The predicted molar refractivity (Wildman–Crippen MR) is 115 cm³/mol. The standard InChI is InChI=1S/C23H7F34N/c1-4-2-5(8(24,25)10(28,29)12(32,33)14(36,37)16(40,41)18(44,45)20(48,49)22(52,53)54)7(58)6(3-4)9(26,27)11(30,31)13(34,35)15(38,39)17(42,43)19(46,47)21(50,51)23(55,56)57/h2-3H,58H2,1H3. The molecule has 0 heterocycles. The zero-order valence-electron chi connectivity index (χ0n) is 25.6. The van der Waals surface area contributed by atoms with Gasteiger partial charge in [-0.1, -0.05) is 0 Å². The molecule has 0 bridgehead atoms. The molecule has 0 aliphatic heterocycles. The molecule has 342 valence electrons. The molecule has 0 aromatic heterocycles. The Bertz CT molecular complexity index is 1570. The van der Waals surface area contributed by atoms with Crippen LogP contribution in [0.25, 0.3) is 0 Å². The second kappa shape index (κ2) is 13.1. The summed E-state index contributed by atoms with van der Waals surface area (Å²) in [7, 11) is 0. The largest absolute Gasteiger partial charge is 0.460 e. The second-order valence-corrected chi connectivity index (χ2v) is 11.3. The number of alkyl halides is 34. The number of hydrogen-bond donors (Lipinski definition) is 1. The molecule has 2 N–H and O–H groups in total. The summed E-state index contributed by atoms with van der Waals surface area (Å²) in [4.78, 5) is 0. The van der Waals surface area contributed by atoms with Gasteiger partial charge in [0.05, 0.1) is 16.8 Å². The summed E-state index contributed by atoms with van der Waals surface area (Å²) < 4.78 is 464. The van der Waals surface area contributed by atoms with E-state index >= 15 is 0 Å². The van der Waals surface area contributed by atoms with Gasteiger partial charge in [0.15, 0.2) is 0 Å². The van der Waals surface area contributed by atoms with E-state index < -0.39 is 130 Å². The molecule has 0 fully saturated rings. The maximum Gasteiger partial charge on any atom is 0.460 e. The smallest absolute Gasteiger partial charge is 0.398 e. The number of aryl methyl sites for hydroxylation is 1. The van der Waals surface area contributed by atoms with Crippen molar-refractivity contribution in [2.75, 3.05) is 5.73 Å². The highest BCUT2D eigenvalue weighted by molar-refractivity contribution is 5.60. The van der Waals surface area contributed by atoms with Crippen LogP contribution in [0.5, 0.6) is 0 Å². The van der Waals surface area contributed by atoms with Gasteiger partial charge in [-0.05, 0) is 24.6 Å². The second-order valence-electron chi connectivity index (χ2n) is 11.3. The summed E-state index contributed by atoms with van der Waals surface area (Å²) in [5.74, 6) is -126. The van der Waals surface area contributed by atoms with Crippen molar-refractivity contribution in [1.29, 1.82) is 0 Å². The Balaban J connectivity index is 4.21. The van der Waals surface area contributed by atoms with Crippen LogP contribution < -0.4 is 5.73 Å². The lowest BCUT2D eigenvalue weighted by Crippen LogP contribution is -2.74. The normalized spacial score (nSPS) is 16.6. The van der Waals surface area contributed by atoms with E-state index in [-0.39, 0.29) is 6.92 Å². The molecule has 1 aromatic carbocycles. The average Bonchev–Trinajstić information content (AvgIpc) is 2.99. The van der Waals surface area contributed by atoms with Crippen molar-refractivity contribution < 1.29 is 149 Å². The molecule has 0 amide bonds. The Morgan fingerprint density at radius 3 is 0.603 bits per heavy atom. The van der Waals surface area contributed by atoms with Crippen molar-refractivity contribution in [2.24, 2.45) is 0 Å². The first-order chi connectivity index (χ1) is 24.5. The minimum Gasteiger partial charge on any atom is -0.398 e. The van der Waals surface area contributed by atoms with Crippen molar-refractivity contribution in [3.05, 3.63) is 28.8 Å². The number of rotatable bonds is 14. The van der Waals surface area contributed by atoms with Crippen LogP contribution in [0.4, 0.5) is 155 Å². The van der Waals surface area contributed by atoms with E-state index in [4.69, 9.17) is 0 Å². The van der Waals surface area contributed by atoms with Crippen molar-refractivity contribution >= 4 is 5.69 Å². The highest BCUT2D eigenvalue weighted by atomic mass is 19.4. The molecule has 0 atom stereocenters. The third-order valence-electron chi connectivity index (χ3n) is 7.45. The van der Waals surface area contributed by atoms with E-state index in [2.05, 4.69) is 5.73 Å². The fourth-order valence-electron chi connectivity index (χ4n) is 3.98. The minimum absolute atomic E-state index is 0.351. The summed E-state index contributed by atoms with van der Waals surface area (Å²) >= 11 is 0. The Hall–Kier alpha value is -3.36. The lowest BCUT2D eigenvalue weighted by atomic mass is 9.83. The first-order valence-electron chi connectivity index (χ1n) is 12.9. The summed E-state index contributed by atoms with van der Waals surface area (Å²) in [6, 6.07) is -2.61. The highest BCUT2D eigenvalue weighted by Crippen LogP contribution is 2.68. The average molecular weight is 943 g/mol. The van der Waals surface area contributed by atoms with Crippen molar-refractivity contribution in [2.45, 2.75) is 102 Å². The molecule has 35 heteroatoms. The molecule has 0 aliphatic carbocycles. The Morgan fingerprint density at radius 1 is 0.276 bits per heavy atom. The molecular formula is C23H7F34N. The maximum absolute atomic E-state index is 14.8. The molecule has 0 spiro atoms. The molecule has 0 radical (unpaired) electrons. The Kier molecular flexibility index (Phi) is 11.9. The summed E-state index contributed by atoms with van der Waals surface area (Å²) in [5.41, 5.74) is -9.97. The Labute approximate surface area is 293 Å². The number of anilines is 1. The van der Waals surface area contributed by atoms with Crippen molar-refractivity contribution in [1.82, 2.24) is 0 Å². The van der Waals surface area contributed by atoms with E-state index in [9.17, 15) is 149 Å². The van der Waals surface area contributed by atoms with Crippen molar-refractivity contribution in [3.63, 3.8) is 0 Å². The molecule has 0 saturated heterocycles. The van der Waals surface area contributed by atoms with Gasteiger partial charge in [0.25, 0.3) is 0 Å². The Morgan fingerprint density at radius 2 is 0.431 bits per heavy atom. The summed E-state index contributed by atoms with van der Waals surface area (Å²) in [6.45, 7) is -0.351. The monoisotopic (exact) mass is 943 g/mol. The number of nitrogen functional groups attached to an aromatic ring is 1. The lowest BCUT2D eigenvalue weighted by molar-refractivity contribution is -0.463. The van der Waals surface area contributed by atoms with Gasteiger partial charge < -0.3 is 5.73 Å². The molecule has 0 aliphatic rings. The van der Waals surface area contributed by atoms with Gasteiger partial charge in [-0.15, -0.1) is 0 Å². The minimum atomic E-state index is -9.40. The van der Waals surface area contributed by atoms with Crippen LogP contribution in [0.15, 0.2) is 12.1 Å². The van der Waals surface area contributed by atoms with Gasteiger partial charge in [0.2, 0.25) is 0 Å². The highest BCUT2D eigenvalue weighted by Gasteiger charge is 2.97. The van der Waals surface area contributed by atoms with Gasteiger partial charge in [0.1, 0.15) is 0 Å². The molecule has 1 rings (SSSR count). The van der Waals surface area contributed by atoms with Crippen molar-refractivity contribution in [3.8, 4) is 0 Å². The zero-order valence-corrected chi connectivity index (χ0v) is 25.6. The molecule has 0 unspecified atom stereocenters. The number of benzene rings is 1. The topological polar surface area (TPSA) is 26.0 Å². The van der Waals surface area contributed by atoms with Crippen LogP contribution in [0, 0.1) is 6.92 Å². The summed E-state index contributed by atoms with van der Waals surface area (Å²) in [6.07, 6.45) is -16.4. The zero-order chi connectivity index (χ0) is 47.7. The first-order valence-corrected chi connectivity index (χ1v) is 12.9. The van der Waals surface area contributed by atoms with Gasteiger partial charge in [0, 0.05) is 0 Å². The molecule has 58 heavy (non-hydrogen) atoms. The van der Waals surface area contributed by atoms with Crippen LogP contribution in [0.2, 0.25) is 0 Å². The van der Waals surface area contributed by atoms with Gasteiger partial charge in [-0.2, -0.15) is 149 Å². The molecule has 1 nitrogen and oxygen atoms in total. The third kappa shape index (κ3) is 6.19. The van der Waals surface area contributed by atoms with Crippen LogP contribution in [-0.4, -0.2) is 83.4 Å². The molecule has 1 aromatic rings. The quantitative estimate of drug-likeness (QED) is 0.146. The third-order valence-corrected chi connectivity index (χ3v) is 7.45. The fraction of sp³-hybridized carbons (Fsp3) is 0.739. The van der Waals surface area contributed by atoms with Gasteiger partial charge in [-0.3, -0.25) is 0 Å². The maximum atomic E-state index is 14.8. The lowest BCUT2D eigenvalue weighted by Gasteiger charge is -2.43. The van der Waals surface area contributed by atoms with Crippen LogP contribution in [-0.2, 0) is 11.8 Å². The first kappa shape index (κ1) is 52.7. The van der Waals surface area contributed by atoms with E-state index in [1.165, 1.54) is 0 Å². The van der Waals surface area contributed by atoms with E-state index in [0.717, 1.165) is 0 Å². The van der Waals surface area contributed by atoms with E-state index in [0.29, 0.717) is 0 Å². The van der Waals surface area contributed by atoms with Crippen LogP contribution in [0.3, 0.4) is 0 Å². The number of halogens is 34. The SMILES string of the molecule is Cc1cc(C(F)(F)C(F)(F)C(F)(F)C(F)(F)C(F)(F)C(F)(F)C(F)(F)C(F)(F)F)c(N)c(C(F)(F)C(F)(F)C(F)(F)C(F)(F)C(F)(F)C(F)(F)C(F)(F)C(F)(F)F)c1. The summed E-state index contributed by atoms with van der Waals surface area (Å²) in [5, 5.41) is 0. The van der Waals surface area contributed by atoms with Crippen LogP contribution in [0.1, 0.15) is 16.7 Å². The van der Waals surface area contributed by atoms with Gasteiger partial charge in [-0.25, -0.2) is 0 Å². The molecule has 0 saturated carbocycles. The number of nitrogens with two attached hydrogens (primary N) is 1. The van der Waals surface area contributed by atoms with Gasteiger partial charge >= 0.3 is 95.3 Å². The number of hydrogen-bond acceptors (Lipinski definition) is 1. The predicted octanol–water partition coefficient (Wildman–Crippen LogP) is 12.5. The van der Waals surface area contributed by atoms with E-state index in [1.54, 1.807) is 0 Å². The van der Waals surface area contributed by atoms with Crippen LogP contribution >= 0.6 is 0 Å². The fourth-order valence-corrected chi connectivity index (χ4v) is 3.98. The van der Waals surface area contributed by atoms with E-state index in [1.807, 2.05) is 0 Å². The molecular weight excluding hydrogens is 936 g/mol.